The molecule has 44 heavy (non-hydrogen) atoms. The highest BCUT2D eigenvalue weighted by Crippen LogP contribution is 2.28. The lowest BCUT2D eigenvalue weighted by Gasteiger charge is -2.48. The van der Waals surface area contributed by atoms with Gasteiger partial charge in [-0.05, 0) is 79.7 Å². The number of likely N-dealkylation sites (N-methyl/N-ethyl adjacent to an activating group) is 1. The summed E-state index contributed by atoms with van der Waals surface area (Å²) >= 11 is 12.8. The zero-order valence-electron chi connectivity index (χ0n) is 26.5. The molecule has 1 fully saturated rings. The Labute approximate surface area is 273 Å². The van der Waals surface area contributed by atoms with E-state index in [0.29, 0.717) is 35.5 Å². The van der Waals surface area contributed by atoms with Crippen molar-refractivity contribution in [3.8, 4) is 0 Å². The Morgan fingerprint density at radius 1 is 1.05 bits per heavy atom. The molecular weight excluding hydrogens is 591 g/mol. The fraction of sp³-hybridized carbons (Fsp3) is 0.486. The number of guanidine groups is 1. The van der Waals surface area contributed by atoms with Crippen molar-refractivity contribution >= 4 is 45.8 Å². The van der Waals surface area contributed by atoms with Gasteiger partial charge in [0.2, 0.25) is 5.91 Å². The van der Waals surface area contributed by atoms with Gasteiger partial charge in [-0.3, -0.25) is 15.1 Å². The van der Waals surface area contributed by atoms with E-state index in [1.807, 2.05) is 30.3 Å². The van der Waals surface area contributed by atoms with Crippen molar-refractivity contribution in [3.05, 3.63) is 81.8 Å². The van der Waals surface area contributed by atoms with Crippen LogP contribution in [-0.4, -0.2) is 85.0 Å². The zero-order chi connectivity index (χ0) is 31.8. The highest BCUT2D eigenvalue weighted by molar-refractivity contribution is 6.35. The number of fused-ring (bicyclic) bond motifs is 1. The number of benzene rings is 3. The van der Waals surface area contributed by atoms with E-state index in [2.05, 4.69) is 78.3 Å². The molecule has 0 radical (unpaired) electrons. The van der Waals surface area contributed by atoms with Crippen molar-refractivity contribution in [3.63, 3.8) is 0 Å². The second-order valence-electron chi connectivity index (χ2n) is 12.8. The minimum Gasteiger partial charge on any atom is -0.370 e. The number of rotatable bonds is 13. The normalized spacial score (nSPS) is 18.2. The summed E-state index contributed by atoms with van der Waals surface area (Å²) in [7, 11) is 4.24. The standard InChI is InChI=1S/C35H48Cl2N6O/c1-24(2)16-32-22-42(21-31(41(3)4)19-28-13-14-29(36)20-33(28)37)30(10-7-15-40-35(38)39)23-43(32)34(44)18-25-11-12-26-8-5-6-9-27(26)17-25/h5-6,8-9,11-14,17,20,24,30-32H,7,10,15-16,18-19,21-23H2,1-4H3,(H4,38,39,40)/t30-,31-,32+/m0/s1. The molecule has 0 aliphatic carbocycles. The minimum absolute atomic E-state index is 0.0118. The molecule has 0 saturated carbocycles. The van der Waals surface area contributed by atoms with E-state index < -0.39 is 0 Å². The molecule has 1 aliphatic heterocycles. The Balaban J connectivity index is 1.56. The number of amides is 1. The molecule has 3 aromatic rings. The molecular formula is C35H48Cl2N6O. The number of piperazine rings is 1. The van der Waals surface area contributed by atoms with E-state index in [0.717, 1.165) is 55.3 Å². The lowest BCUT2D eigenvalue weighted by atomic mass is 9.93. The summed E-state index contributed by atoms with van der Waals surface area (Å²) in [5.41, 5.74) is 7.68. The van der Waals surface area contributed by atoms with Crippen LogP contribution >= 0.6 is 23.2 Å². The van der Waals surface area contributed by atoms with Gasteiger partial charge in [0.1, 0.15) is 0 Å². The van der Waals surface area contributed by atoms with E-state index in [1.54, 1.807) is 0 Å². The average molecular weight is 640 g/mol. The van der Waals surface area contributed by atoms with Crippen molar-refractivity contribution in [2.45, 2.75) is 64.1 Å². The first-order chi connectivity index (χ1) is 21.0. The molecule has 238 valence electrons. The van der Waals surface area contributed by atoms with E-state index in [4.69, 9.17) is 34.3 Å². The molecule has 1 heterocycles. The van der Waals surface area contributed by atoms with Gasteiger partial charge in [-0.25, -0.2) is 0 Å². The molecule has 1 aliphatic rings. The van der Waals surface area contributed by atoms with Crippen molar-refractivity contribution in [2.75, 3.05) is 40.3 Å². The predicted molar refractivity (Wildman–Crippen MR) is 185 cm³/mol. The summed E-state index contributed by atoms with van der Waals surface area (Å²) in [5, 5.41) is 14.2. The fourth-order valence-electron chi connectivity index (χ4n) is 6.37. The first-order valence-corrected chi connectivity index (χ1v) is 16.4. The van der Waals surface area contributed by atoms with Crippen LogP contribution < -0.4 is 11.1 Å². The Hall–Kier alpha value is -2.84. The molecule has 3 aromatic carbocycles. The molecule has 0 aromatic heterocycles. The topological polar surface area (TPSA) is 88.7 Å². The second kappa shape index (κ2) is 15.9. The van der Waals surface area contributed by atoms with Gasteiger partial charge in [-0.2, -0.15) is 0 Å². The van der Waals surface area contributed by atoms with Crippen LogP contribution in [0.4, 0.5) is 0 Å². The monoisotopic (exact) mass is 638 g/mol. The second-order valence-corrected chi connectivity index (χ2v) is 13.7. The fourth-order valence-corrected chi connectivity index (χ4v) is 6.85. The molecule has 1 saturated heterocycles. The summed E-state index contributed by atoms with van der Waals surface area (Å²) in [6, 6.07) is 20.9. The summed E-state index contributed by atoms with van der Waals surface area (Å²) in [4.78, 5) is 21.0. The molecule has 4 N–H and O–H groups in total. The third kappa shape index (κ3) is 9.58. The van der Waals surface area contributed by atoms with Crippen molar-refractivity contribution in [2.24, 2.45) is 11.7 Å². The first kappa shape index (κ1) is 34.0. The summed E-state index contributed by atoms with van der Waals surface area (Å²) in [6.07, 6.45) is 3.91. The van der Waals surface area contributed by atoms with Crippen LogP contribution in [0.3, 0.4) is 0 Å². The molecule has 0 bridgehead atoms. The summed E-state index contributed by atoms with van der Waals surface area (Å²) in [5.74, 6) is 0.642. The highest BCUT2D eigenvalue weighted by atomic mass is 35.5. The Kier molecular flexibility index (Phi) is 12.3. The largest absolute Gasteiger partial charge is 0.370 e. The third-order valence-corrected chi connectivity index (χ3v) is 9.31. The Bertz CT molecular complexity index is 1410. The van der Waals surface area contributed by atoms with Gasteiger partial charge < -0.3 is 20.9 Å². The van der Waals surface area contributed by atoms with Gasteiger partial charge in [-0.15, -0.1) is 0 Å². The van der Waals surface area contributed by atoms with Gasteiger partial charge >= 0.3 is 0 Å². The van der Waals surface area contributed by atoms with E-state index >= 15 is 0 Å². The molecule has 9 heteroatoms. The van der Waals surface area contributed by atoms with Gasteiger partial charge in [-0.1, -0.05) is 85.6 Å². The molecule has 4 rings (SSSR count). The van der Waals surface area contributed by atoms with E-state index in [9.17, 15) is 4.79 Å². The van der Waals surface area contributed by atoms with Crippen LogP contribution in [-0.2, 0) is 17.6 Å². The lowest BCUT2D eigenvalue weighted by Crippen LogP contribution is -2.62. The van der Waals surface area contributed by atoms with Crippen molar-refractivity contribution in [1.29, 1.82) is 5.41 Å². The Morgan fingerprint density at radius 3 is 2.48 bits per heavy atom. The molecule has 7 nitrogen and oxygen atoms in total. The SMILES string of the molecule is CC(C)C[C@@H]1CN(C[C@H](Cc2ccc(Cl)cc2Cl)N(C)C)[C@@H](CCCNC(=N)N)CN1C(=O)Cc1ccc2ccccc2c1. The number of nitrogens with two attached hydrogens (primary N) is 1. The van der Waals surface area contributed by atoms with Crippen LogP contribution in [0.25, 0.3) is 10.8 Å². The number of nitrogens with one attached hydrogen (secondary N) is 2. The van der Waals surface area contributed by atoms with Gasteiger partial charge in [0.15, 0.2) is 5.96 Å². The summed E-state index contributed by atoms with van der Waals surface area (Å²) in [6.45, 7) is 7.48. The van der Waals surface area contributed by atoms with Crippen molar-refractivity contribution < 1.29 is 4.79 Å². The van der Waals surface area contributed by atoms with Crippen LogP contribution in [0.1, 0.15) is 44.2 Å². The van der Waals surface area contributed by atoms with Gasteiger partial charge in [0.05, 0.1) is 6.42 Å². The lowest BCUT2D eigenvalue weighted by molar-refractivity contribution is -0.138. The number of halogens is 2. The number of carbonyl (C=O) groups excluding carboxylic acids is 1. The summed E-state index contributed by atoms with van der Waals surface area (Å²) < 4.78 is 0. The third-order valence-electron chi connectivity index (χ3n) is 8.72. The number of hydrogen-bond donors (Lipinski definition) is 3. The van der Waals surface area contributed by atoms with Crippen LogP contribution in [0.5, 0.6) is 0 Å². The molecule has 0 unspecified atom stereocenters. The quantitative estimate of drug-likeness (QED) is 0.120. The number of nitrogens with zero attached hydrogens (tertiary/aromatic N) is 3. The molecule has 3 atom stereocenters. The predicted octanol–water partition coefficient (Wildman–Crippen LogP) is 6.05. The van der Waals surface area contributed by atoms with Gasteiger partial charge in [0.25, 0.3) is 0 Å². The van der Waals surface area contributed by atoms with Crippen LogP contribution in [0.15, 0.2) is 60.7 Å². The van der Waals surface area contributed by atoms with Crippen LogP contribution in [0, 0.1) is 11.3 Å². The minimum atomic E-state index is -0.0118. The average Bonchev–Trinajstić information content (AvgIpc) is 2.96. The van der Waals surface area contributed by atoms with E-state index in [-0.39, 0.29) is 30.0 Å². The Morgan fingerprint density at radius 2 is 1.80 bits per heavy atom. The first-order valence-electron chi connectivity index (χ1n) is 15.7. The highest BCUT2D eigenvalue weighted by Gasteiger charge is 2.37. The maximum atomic E-state index is 14.0. The maximum absolute atomic E-state index is 14.0. The van der Waals surface area contributed by atoms with E-state index in [1.165, 1.54) is 5.39 Å². The number of hydrogen-bond acceptors (Lipinski definition) is 4. The van der Waals surface area contributed by atoms with Crippen molar-refractivity contribution in [1.82, 2.24) is 20.0 Å². The van der Waals surface area contributed by atoms with Crippen LogP contribution in [0.2, 0.25) is 10.0 Å². The zero-order valence-corrected chi connectivity index (χ0v) is 28.0. The maximum Gasteiger partial charge on any atom is 0.227 e. The van der Waals surface area contributed by atoms with Gasteiger partial charge in [0, 0.05) is 54.3 Å². The number of carbonyl (C=O) groups is 1. The molecule has 1 amide bonds. The smallest absolute Gasteiger partial charge is 0.227 e. The molecule has 0 spiro atoms.